The first-order chi connectivity index (χ1) is 8.38. The Morgan fingerprint density at radius 3 is 2.61 bits per heavy atom. The van der Waals surface area contributed by atoms with Gasteiger partial charge in [0.05, 0.1) is 6.54 Å². The summed E-state index contributed by atoms with van der Waals surface area (Å²) in [5.41, 5.74) is -0.00583. The predicted octanol–water partition coefficient (Wildman–Crippen LogP) is 1.42. The van der Waals surface area contributed by atoms with Crippen molar-refractivity contribution in [1.29, 1.82) is 0 Å². The molecule has 1 amide bonds. The van der Waals surface area contributed by atoms with E-state index in [1.54, 1.807) is 0 Å². The first-order valence-corrected chi connectivity index (χ1v) is 6.42. The number of carbonyl (C=O) groups is 2. The van der Waals surface area contributed by atoms with Crippen molar-refractivity contribution in [3.63, 3.8) is 0 Å². The van der Waals surface area contributed by atoms with Crippen molar-refractivity contribution in [3.05, 3.63) is 0 Å². The number of carboxylic acid groups (broad SMARTS) is 1. The summed E-state index contributed by atoms with van der Waals surface area (Å²) >= 11 is 0. The SMILES string of the molecule is COC(CNC(=O)C1CCCCC1(C)C)C(=O)O. The number of hydrogen-bond donors (Lipinski definition) is 2. The molecule has 2 unspecified atom stereocenters. The van der Waals surface area contributed by atoms with E-state index in [4.69, 9.17) is 9.84 Å². The van der Waals surface area contributed by atoms with E-state index in [0.29, 0.717) is 0 Å². The zero-order valence-corrected chi connectivity index (χ0v) is 11.4. The zero-order valence-electron chi connectivity index (χ0n) is 11.4. The van der Waals surface area contributed by atoms with Crippen LogP contribution in [-0.4, -0.2) is 36.7 Å². The molecule has 2 N–H and O–H groups in total. The Bertz CT molecular complexity index is 314. The van der Waals surface area contributed by atoms with Gasteiger partial charge in [-0.2, -0.15) is 0 Å². The third kappa shape index (κ3) is 3.70. The van der Waals surface area contributed by atoms with Crippen LogP contribution in [0, 0.1) is 11.3 Å². The van der Waals surface area contributed by atoms with Crippen LogP contribution in [0.5, 0.6) is 0 Å². The molecule has 1 aliphatic carbocycles. The molecule has 1 aliphatic rings. The number of hydrogen-bond acceptors (Lipinski definition) is 3. The fourth-order valence-corrected chi connectivity index (χ4v) is 2.57. The lowest BCUT2D eigenvalue weighted by molar-refractivity contribution is -0.148. The maximum Gasteiger partial charge on any atom is 0.334 e. The van der Waals surface area contributed by atoms with Crippen molar-refractivity contribution >= 4 is 11.9 Å². The Kier molecular flexibility index (Phi) is 5.14. The second-order valence-corrected chi connectivity index (χ2v) is 5.59. The molecule has 0 saturated heterocycles. The molecule has 0 aromatic carbocycles. The van der Waals surface area contributed by atoms with Gasteiger partial charge in [0, 0.05) is 13.0 Å². The minimum Gasteiger partial charge on any atom is -0.479 e. The van der Waals surface area contributed by atoms with Gasteiger partial charge in [-0.25, -0.2) is 4.79 Å². The first-order valence-electron chi connectivity index (χ1n) is 6.42. The van der Waals surface area contributed by atoms with Crippen molar-refractivity contribution in [2.45, 2.75) is 45.6 Å². The van der Waals surface area contributed by atoms with E-state index in [1.807, 2.05) is 0 Å². The molecule has 0 bridgehead atoms. The predicted molar refractivity (Wildman–Crippen MR) is 67.2 cm³/mol. The molecule has 1 rings (SSSR count). The monoisotopic (exact) mass is 257 g/mol. The standard InChI is InChI=1S/C13H23NO4/c1-13(2)7-5-4-6-9(13)11(15)14-8-10(18-3)12(16)17/h9-10H,4-8H2,1-3H3,(H,14,15)(H,16,17). The number of methoxy groups -OCH3 is 1. The van der Waals surface area contributed by atoms with Gasteiger partial charge < -0.3 is 15.2 Å². The van der Waals surface area contributed by atoms with Crippen LogP contribution in [0.2, 0.25) is 0 Å². The molecule has 104 valence electrons. The molecular formula is C13H23NO4. The van der Waals surface area contributed by atoms with Crippen molar-refractivity contribution in [2.75, 3.05) is 13.7 Å². The smallest absolute Gasteiger partial charge is 0.334 e. The van der Waals surface area contributed by atoms with E-state index in [2.05, 4.69) is 19.2 Å². The van der Waals surface area contributed by atoms with Crippen molar-refractivity contribution in [3.8, 4) is 0 Å². The lowest BCUT2D eigenvalue weighted by Crippen LogP contribution is -2.45. The summed E-state index contributed by atoms with van der Waals surface area (Å²) in [6, 6.07) is 0. The summed E-state index contributed by atoms with van der Waals surface area (Å²) in [7, 11) is 1.33. The lowest BCUT2D eigenvalue weighted by atomic mass is 9.68. The van der Waals surface area contributed by atoms with Gasteiger partial charge in [0.15, 0.2) is 6.10 Å². The summed E-state index contributed by atoms with van der Waals surface area (Å²) < 4.78 is 4.79. The molecule has 2 atom stereocenters. The highest BCUT2D eigenvalue weighted by molar-refractivity contribution is 5.80. The zero-order chi connectivity index (χ0) is 13.8. The molecule has 18 heavy (non-hydrogen) atoms. The fraction of sp³-hybridized carbons (Fsp3) is 0.846. The second kappa shape index (κ2) is 6.18. The van der Waals surface area contributed by atoms with Crippen LogP contribution in [-0.2, 0) is 14.3 Å². The van der Waals surface area contributed by atoms with Crippen molar-refractivity contribution in [1.82, 2.24) is 5.32 Å². The van der Waals surface area contributed by atoms with Crippen LogP contribution in [0.1, 0.15) is 39.5 Å². The third-order valence-corrected chi connectivity index (χ3v) is 3.85. The van der Waals surface area contributed by atoms with Gasteiger partial charge in [0.1, 0.15) is 0 Å². The first kappa shape index (κ1) is 15.0. The summed E-state index contributed by atoms with van der Waals surface area (Å²) in [6.07, 6.45) is 3.17. The Morgan fingerprint density at radius 1 is 1.44 bits per heavy atom. The number of ether oxygens (including phenoxy) is 1. The Labute approximate surface area is 108 Å². The van der Waals surface area contributed by atoms with Gasteiger partial charge in [0.25, 0.3) is 0 Å². The van der Waals surface area contributed by atoms with Gasteiger partial charge in [0.2, 0.25) is 5.91 Å². The van der Waals surface area contributed by atoms with Gasteiger partial charge >= 0.3 is 5.97 Å². The number of aliphatic carboxylic acids is 1. The van der Waals surface area contributed by atoms with E-state index in [-0.39, 0.29) is 23.8 Å². The molecule has 1 fully saturated rings. The van der Waals surface area contributed by atoms with Crippen LogP contribution in [0.15, 0.2) is 0 Å². The minimum atomic E-state index is -1.05. The number of carbonyl (C=O) groups excluding carboxylic acids is 1. The maximum absolute atomic E-state index is 12.1. The highest BCUT2D eigenvalue weighted by Crippen LogP contribution is 2.40. The molecule has 0 aromatic heterocycles. The summed E-state index contributed by atoms with van der Waals surface area (Å²) in [4.78, 5) is 22.9. The summed E-state index contributed by atoms with van der Waals surface area (Å²) in [6.45, 7) is 4.22. The molecule has 0 aromatic rings. The number of nitrogens with one attached hydrogen (secondary N) is 1. The second-order valence-electron chi connectivity index (χ2n) is 5.59. The minimum absolute atomic E-state index is 0.00583. The van der Waals surface area contributed by atoms with Crippen LogP contribution >= 0.6 is 0 Å². The van der Waals surface area contributed by atoms with Crippen LogP contribution in [0.25, 0.3) is 0 Å². The van der Waals surface area contributed by atoms with Crippen LogP contribution in [0.3, 0.4) is 0 Å². The molecule has 5 heteroatoms. The van der Waals surface area contributed by atoms with Gasteiger partial charge in [-0.15, -0.1) is 0 Å². The molecule has 0 aliphatic heterocycles. The Morgan fingerprint density at radius 2 is 2.11 bits per heavy atom. The molecule has 0 heterocycles. The largest absolute Gasteiger partial charge is 0.479 e. The topological polar surface area (TPSA) is 75.6 Å². The summed E-state index contributed by atoms with van der Waals surface area (Å²) in [5, 5.41) is 11.5. The van der Waals surface area contributed by atoms with Crippen LogP contribution < -0.4 is 5.32 Å². The van der Waals surface area contributed by atoms with Gasteiger partial charge in [-0.3, -0.25) is 4.79 Å². The van der Waals surface area contributed by atoms with E-state index in [9.17, 15) is 9.59 Å². The van der Waals surface area contributed by atoms with Crippen LogP contribution in [0.4, 0.5) is 0 Å². The Balaban J connectivity index is 2.52. The van der Waals surface area contributed by atoms with E-state index in [0.717, 1.165) is 25.7 Å². The average Bonchev–Trinajstić information content (AvgIpc) is 2.28. The third-order valence-electron chi connectivity index (χ3n) is 3.85. The van der Waals surface area contributed by atoms with Gasteiger partial charge in [-0.1, -0.05) is 26.7 Å². The number of carboxylic acids is 1. The van der Waals surface area contributed by atoms with Crippen molar-refractivity contribution in [2.24, 2.45) is 11.3 Å². The normalized spacial score (nSPS) is 24.3. The highest BCUT2D eigenvalue weighted by atomic mass is 16.5. The molecule has 1 saturated carbocycles. The lowest BCUT2D eigenvalue weighted by Gasteiger charge is -2.37. The molecule has 0 radical (unpaired) electrons. The number of amides is 1. The Hall–Kier alpha value is -1.10. The maximum atomic E-state index is 12.1. The van der Waals surface area contributed by atoms with E-state index >= 15 is 0 Å². The average molecular weight is 257 g/mol. The van der Waals surface area contributed by atoms with E-state index in [1.165, 1.54) is 7.11 Å². The molecular weight excluding hydrogens is 234 g/mol. The van der Waals surface area contributed by atoms with Gasteiger partial charge in [-0.05, 0) is 18.3 Å². The quantitative estimate of drug-likeness (QED) is 0.781. The van der Waals surface area contributed by atoms with E-state index < -0.39 is 12.1 Å². The summed E-state index contributed by atoms with van der Waals surface area (Å²) in [5.74, 6) is -1.14. The fourth-order valence-electron chi connectivity index (χ4n) is 2.57. The van der Waals surface area contributed by atoms with Crippen molar-refractivity contribution < 1.29 is 19.4 Å². The number of rotatable bonds is 5. The highest BCUT2D eigenvalue weighted by Gasteiger charge is 2.37. The molecule has 0 spiro atoms. The molecule has 5 nitrogen and oxygen atoms in total.